The van der Waals surface area contributed by atoms with Crippen molar-refractivity contribution >= 4 is 0 Å². The van der Waals surface area contributed by atoms with Crippen LogP contribution in [0.2, 0.25) is 0 Å². The maximum absolute atomic E-state index is 9.78. The Balaban J connectivity index is 2.78. The van der Waals surface area contributed by atoms with Crippen LogP contribution in [0.15, 0.2) is 12.3 Å². The van der Waals surface area contributed by atoms with E-state index in [0.29, 0.717) is 19.0 Å². The smallest absolute Gasteiger partial charge is 0.0631 e. The molecule has 98 valence electrons. The van der Waals surface area contributed by atoms with Crippen LogP contribution in [0.1, 0.15) is 45.9 Å². The van der Waals surface area contributed by atoms with Gasteiger partial charge in [0.05, 0.1) is 11.8 Å². The molecule has 0 aliphatic carbocycles. The molecule has 1 aromatic heterocycles. The van der Waals surface area contributed by atoms with Gasteiger partial charge in [-0.2, -0.15) is 5.10 Å². The van der Waals surface area contributed by atoms with Gasteiger partial charge in [0.25, 0.3) is 0 Å². The van der Waals surface area contributed by atoms with Gasteiger partial charge in [-0.05, 0) is 26.3 Å². The van der Waals surface area contributed by atoms with Crippen molar-refractivity contribution in [1.82, 2.24) is 9.78 Å². The third kappa shape index (κ3) is 3.30. The van der Waals surface area contributed by atoms with E-state index in [-0.39, 0.29) is 5.41 Å². The molecule has 0 saturated carbocycles. The van der Waals surface area contributed by atoms with Crippen molar-refractivity contribution in [2.45, 2.75) is 52.7 Å². The SMILES string of the molecule is CCC(C)n1ccc(CC(C)(CN)C(C)O)n1. The lowest BCUT2D eigenvalue weighted by Gasteiger charge is -2.30. The summed E-state index contributed by atoms with van der Waals surface area (Å²) in [5, 5.41) is 14.3. The summed E-state index contributed by atoms with van der Waals surface area (Å²) in [5.74, 6) is 0. The van der Waals surface area contributed by atoms with Crippen molar-refractivity contribution in [3.05, 3.63) is 18.0 Å². The van der Waals surface area contributed by atoms with Crippen LogP contribution >= 0.6 is 0 Å². The van der Waals surface area contributed by atoms with Crippen molar-refractivity contribution in [1.29, 1.82) is 0 Å². The van der Waals surface area contributed by atoms with Crippen LogP contribution in [-0.4, -0.2) is 27.5 Å². The second-order valence-electron chi connectivity index (χ2n) is 5.26. The molecule has 0 amide bonds. The van der Waals surface area contributed by atoms with Gasteiger partial charge in [-0.3, -0.25) is 4.68 Å². The summed E-state index contributed by atoms with van der Waals surface area (Å²) < 4.78 is 1.98. The zero-order valence-electron chi connectivity index (χ0n) is 11.3. The van der Waals surface area contributed by atoms with Crippen LogP contribution in [0.3, 0.4) is 0 Å². The first kappa shape index (κ1) is 14.2. The van der Waals surface area contributed by atoms with E-state index >= 15 is 0 Å². The second kappa shape index (κ2) is 5.65. The number of aromatic nitrogens is 2. The third-order valence-electron chi connectivity index (χ3n) is 3.77. The molecule has 0 aromatic carbocycles. The summed E-state index contributed by atoms with van der Waals surface area (Å²) in [7, 11) is 0. The Morgan fingerprint density at radius 2 is 2.18 bits per heavy atom. The van der Waals surface area contributed by atoms with E-state index in [0.717, 1.165) is 12.1 Å². The number of hydrogen-bond acceptors (Lipinski definition) is 3. The first-order valence-electron chi connectivity index (χ1n) is 6.35. The lowest BCUT2D eigenvalue weighted by Crippen LogP contribution is -2.39. The maximum atomic E-state index is 9.78. The van der Waals surface area contributed by atoms with Crippen LogP contribution in [0.4, 0.5) is 0 Å². The molecule has 0 bridgehead atoms. The van der Waals surface area contributed by atoms with Gasteiger partial charge in [-0.25, -0.2) is 0 Å². The van der Waals surface area contributed by atoms with E-state index in [2.05, 4.69) is 18.9 Å². The fraction of sp³-hybridized carbons (Fsp3) is 0.769. The summed E-state index contributed by atoms with van der Waals surface area (Å²) in [6.45, 7) is 8.54. The van der Waals surface area contributed by atoms with Crippen molar-refractivity contribution in [2.75, 3.05) is 6.54 Å². The Morgan fingerprint density at radius 1 is 1.53 bits per heavy atom. The van der Waals surface area contributed by atoms with Crippen LogP contribution in [0.25, 0.3) is 0 Å². The van der Waals surface area contributed by atoms with E-state index in [4.69, 9.17) is 5.73 Å². The molecule has 3 N–H and O–H groups in total. The van der Waals surface area contributed by atoms with Crippen molar-refractivity contribution < 1.29 is 5.11 Å². The van der Waals surface area contributed by atoms with Crippen LogP contribution in [-0.2, 0) is 6.42 Å². The molecule has 1 rings (SSSR count). The highest BCUT2D eigenvalue weighted by molar-refractivity contribution is 5.04. The largest absolute Gasteiger partial charge is 0.393 e. The van der Waals surface area contributed by atoms with Gasteiger partial charge in [0.1, 0.15) is 0 Å². The van der Waals surface area contributed by atoms with E-state index in [9.17, 15) is 5.11 Å². The van der Waals surface area contributed by atoms with E-state index in [1.54, 1.807) is 6.92 Å². The van der Waals surface area contributed by atoms with Gasteiger partial charge < -0.3 is 10.8 Å². The van der Waals surface area contributed by atoms with Crippen LogP contribution in [0.5, 0.6) is 0 Å². The molecule has 1 heterocycles. The van der Waals surface area contributed by atoms with Gasteiger partial charge >= 0.3 is 0 Å². The van der Waals surface area contributed by atoms with Gasteiger partial charge in [0.15, 0.2) is 0 Å². The zero-order chi connectivity index (χ0) is 13.1. The summed E-state index contributed by atoms with van der Waals surface area (Å²) in [6, 6.07) is 2.43. The normalized spacial score (nSPS) is 18.7. The van der Waals surface area contributed by atoms with Crippen molar-refractivity contribution in [3.8, 4) is 0 Å². The Labute approximate surface area is 104 Å². The zero-order valence-corrected chi connectivity index (χ0v) is 11.3. The number of aliphatic hydroxyl groups is 1. The number of hydrogen-bond donors (Lipinski definition) is 2. The molecule has 17 heavy (non-hydrogen) atoms. The second-order valence-corrected chi connectivity index (χ2v) is 5.26. The minimum absolute atomic E-state index is 0.297. The van der Waals surface area contributed by atoms with Crippen molar-refractivity contribution in [3.63, 3.8) is 0 Å². The van der Waals surface area contributed by atoms with E-state index in [1.807, 2.05) is 23.9 Å². The summed E-state index contributed by atoms with van der Waals surface area (Å²) >= 11 is 0. The molecule has 4 nitrogen and oxygen atoms in total. The number of rotatable bonds is 6. The molecule has 0 radical (unpaired) electrons. The number of aliphatic hydroxyl groups excluding tert-OH is 1. The van der Waals surface area contributed by atoms with E-state index in [1.165, 1.54) is 0 Å². The summed E-state index contributed by atoms with van der Waals surface area (Å²) in [6.07, 6.45) is 3.35. The molecule has 0 spiro atoms. The molecule has 0 fully saturated rings. The molecular formula is C13H25N3O. The van der Waals surface area contributed by atoms with E-state index < -0.39 is 6.10 Å². The van der Waals surface area contributed by atoms with Gasteiger partial charge in [-0.1, -0.05) is 13.8 Å². The maximum Gasteiger partial charge on any atom is 0.0631 e. The van der Waals surface area contributed by atoms with Gasteiger partial charge in [0, 0.05) is 30.6 Å². The average molecular weight is 239 g/mol. The minimum Gasteiger partial charge on any atom is -0.393 e. The highest BCUT2D eigenvalue weighted by atomic mass is 16.3. The molecule has 0 aliphatic heterocycles. The Bertz CT molecular complexity index is 348. The number of nitrogens with two attached hydrogens (primary N) is 1. The Kier molecular flexibility index (Phi) is 4.71. The molecule has 0 aliphatic rings. The van der Waals surface area contributed by atoms with Crippen molar-refractivity contribution in [2.24, 2.45) is 11.1 Å². The fourth-order valence-electron chi connectivity index (χ4n) is 1.71. The van der Waals surface area contributed by atoms with Gasteiger partial charge in [-0.15, -0.1) is 0 Å². The standard InChI is InChI=1S/C13H25N3O/c1-5-10(2)16-7-6-12(15-16)8-13(4,9-14)11(3)17/h6-7,10-11,17H,5,8-9,14H2,1-4H3. The monoisotopic (exact) mass is 239 g/mol. The topological polar surface area (TPSA) is 64.1 Å². The molecular weight excluding hydrogens is 214 g/mol. The minimum atomic E-state index is -0.429. The molecule has 4 heteroatoms. The predicted molar refractivity (Wildman–Crippen MR) is 69.8 cm³/mol. The Morgan fingerprint density at radius 3 is 2.65 bits per heavy atom. The average Bonchev–Trinajstić information content (AvgIpc) is 2.75. The third-order valence-corrected chi connectivity index (χ3v) is 3.77. The van der Waals surface area contributed by atoms with Crippen LogP contribution in [0, 0.1) is 5.41 Å². The molecule has 0 saturated heterocycles. The first-order valence-corrected chi connectivity index (χ1v) is 6.35. The quantitative estimate of drug-likeness (QED) is 0.795. The fourth-order valence-corrected chi connectivity index (χ4v) is 1.71. The highest BCUT2D eigenvalue weighted by Crippen LogP contribution is 2.25. The van der Waals surface area contributed by atoms with Crippen LogP contribution < -0.4 is 5.73 Å². The predicted octanol–water partition coefficient (Wildman–Crippen LogP) is 1.74. The number of nitrogens with zero attached hydrogens (tertiary/aromatic N) is 2. The first-order chi connectivity index (χ1) is 7.92. The molecule has 3 atom stereocenters. The van der Waals surface area contributed by atoms with Gasteiger partial charge in [0.2, 0.25) is 0 Å². The highest BCUT2D eigenvalue weighted by Gasteiger charge is 2.29. The lowest BCUT2D eigenvalue weighted by molar-refractivity contribution is 0.0580. The molecule has 3 unspecified atom stereocenters. The summed E-state index contributed by atoms with van der Waals surface area (Å²) in [5.41, 5.74) is 6.46. The molecule has 1 aromatic rings. The lowest BCUT2D eigenvalue weighted by atomic mass is 9.81. The Hall–Kier alpha value is -0.870. The summed E-state index contributed by atoms with van der Waals surface area (Å²) in [4.78, 5) is 0.